The van der Waals surface area contributed by atoms with Crippen LogP contribution in [0.3, 0.4) is 0 Å². The number of nitriles is 1. The van der Waals surface area contributed by atoms with Crippen LogP contribution >= 0.6 is 11.6 Å². The Morgan fingerprint density at radius 3 is 2.81 bits per heavy atom. The summed E-state index contributed by atoms with van der Waals surface area (Å²) in [5.74, 6) is 1.94. The minimum Gasteiger partial charge on any atom is -0.497 e. The number of halogens is 1. The number of H-pyrrole nitrogens is 1. The minimum atomic E-state index is 0.441. The molecule has 3 rings (SSSR count). The van der Waals surface area contributed by atoms with Crippen LogP contribution in [0, 0.1) is 18.3 Å². The Labute approximate surface area is 162 Å². The van der Waals surface area contributed by atoms with Gasteiger partial charge in [0, 0.05) is 18.1 Å². The number of hydrogen-bond donors (Lipinski definition) is 2. The number of methoxy groups -OCH3 is 1. The fourth-order valence-electron chi connectivity index (χ4n) is 2.64. The number of hydrogen-bond acceptors (Lipinski definition) is 5. The predicted octanol–water partition coefficient (Wildman–Crippen LogP) is 4.33. The van der Waals surface area contributed by atoms with E-state index in [4.69, 9.17) is 26.3 Å². The maximum Gasteiger partial charge on any atom is 0.172 e. The van der Waals surface area contributed by atoms with Gasteiger partial charge in [0.25, 0.3) is 0 Å². The molecule has 0 saturated carbocycles. The highest BCUT2D eigenvalue weighted by molar-refractivity contribution is 6.30. The number of aryl methyl sites for hydroxylation is 1. The van der Waals surface area contributed by atoms with Crippen LogP contribution in [0.5, 0.6) is 17.2 Å². The van der Waals surface area contributed by atoms with Gasteiger partial charge < -0.3 is 14.8 Å². The van der Waals surface area contributed by atoms with Gasteiger partial charge in [0.1, 0.15) is 17.2 Å². The summed E-state index contributed by atoms with van der Waals surface area (Å²) in [4.78, 5) is 0. The van der Waals surface area contributed by atoms with Gasteiger partial charge >= 0.3 is 0 Å². The molecular formula is C20H19ClN4O2. The second kappa shape index (κ2) is 8.58. The third-order valence-corrected chi connectivity index (χ3v) is 4.16. The van der Waals surface area contributed by atoms with Crippen molar-refractivity contribution in [2.75, 3.05) is 7.11 Å². The van der Waals surface area contributed by atoms with Crippen LogP contribution in [0.2, 0.25) is 5.02 Å². The Bertz CT molecular complexity index is 978. The van der Waals surface area contributed by atoms with E-state index in [1.165, 1.54) is 0 Å². The lowest BCUT2D eigenvalue weighted by Crippen LogP contribution is -2.13. The molecule has 0 unspecified atom stereocenters. The first kappa shape index (κ1) is 18.8. The van der Waals surface area contributed by atoms with Gasteiger partial charge in [-0.2, -0.15) is 10.4 Å². The molecule has 0 saturated heterocycles. The van der Waals surface area contributed by atoms with Crippen LogP contribution in [0.15, 0.2) is 42.5 Å². The highest BCUT2D eigenvalue weighted by Gasteiger charge is 2.13. The molecule has 3 aromatic rings. The minimum absolute atomic E-state index is 0.441. The Hall–Kier alpha value is -3.01. The molecule has 2 aromatic carbocycles. The van der Waals surface area contributed by atoms with Crippen molar-refractivity contribution < 1.29 is 9.47 Å². The molecule has 27 heavy (non-hydrogen) atoms. The number of nitrogens with zero attached hydrogens (tertiary/aromatic N) is 2. The van der Waals surface area contributed by atoms with Gasteiger partial charge in [-0.15, -0.1) is 0 Å². The van der Waals surface area contributed by atoms with E-state index in [9.17, 15) is 0 Å². The molecule has 138 valence electrons. The lowest BCUT2D eigenvalue weighted by atomic mass is 10.2. The summed E-state index contributed by atoms with van der Waals surface area (Å²) in [5, 5.41) is 20.1. The SMILES string of the molecule is COc1cccc(CNCc2n[nH]c(C)c2Oc2cc(Cl)cc(C#N)c2)c1. The summed E-state index contributed by atoms with van der Waals surface area (Å²) in [6, 6.07) is 14.8. The summed E-state index contributed by atoms with van der Waals surface area (Å²) >= 11 is 6.05. The van der Waals surface area contributed by atoms with Crippen LogP contribution in [0.25, 0.3) is 0 Å². The average Bonchev–Trinajstić information content (AvgIpc) is 3.01. The molecule has 0 fully saturated rings. The van der Waals surface area contributed by atoms with E-state index in [2.05, 4.69) is 21.6 Å². The molecule has 0 atom stereocenters. The number of aromatic nitrogens is 2. The highest BCUT2D eigenvalue weighted by Crippen LogP contribution is 2.30. The first-order valence-corrected chi connectivity index (χ1v) is 8.73. The van der Waals surface area contributed by atoms with Crippen LogP contribution in [0.1, 0.15) is 22.5 Å². The van der Waals surface area contributed by atoms with Crippen molar-refractivity contribution >= 4 is 11.6 Å². The molecule has 1 aromatic heterocycles. The van der Waals surface area contributed by atoms with E-state index < -0.39 is 0 Å². The second-order valence-corrected chi connectivity index (χ2v) is 6.41. The van der Waals surface area contributed by atoms with Crippen LogP contribution < -0.4 is 14.8 Å². The standard InChI is InChI=1S/C20H19ClN4O2/c1-13-20(27-18-8-15(10-22)6-16(21)9-18)19(25-24-13)12-23-11-14-4-3-5-17(7-14)26-2/h3-9,23H,11-12H2,1-2H3,(H,24,25). The zero-order chi connectivity index (χ0) is 19.2. The smallest absolute Gasteiger partial charge is 0.172 e. The first-order chi connectivity index (χ1) is 13.1. The van der Waals surface area contributed by atoms with Crippen molar-refractivity contribution in [2.24, 2.45) is 0 Å². The van der Waals surface area contributed by atoms with Crippen molar-refractivity contribution in [3.05, 3.63) is 70.0 Å². The van der Waals surface area contributed by atoms with E-state index in [0.717, 1.165) is 22.7 Å². The largest absolute Gasteiger partial charge is 0.497 e. The van der Waals surface area contributed by atoms with Crippen molar-refractivity contribution in [2.45, 2.75) is 20.0 Å². The third-order valence-electron chi connectivity index (χ3n) is 3.94. The van der Waals surface area contributed by atoms with Crippen molar-refractivity contribution in [1.82, 2.24) is 15.5 Å². The summed E-state index contributed by atoms with van der Waals surface area (Å²) < 4.78 is 11.2. The Morgan fingerprint density at radius 1 is 1.19 bits per heavy atom. The average molecular weight is 383 g/mol. The Balaban J connectivity index is 1.69. The molecule has 0 radical (unpaired) electrons. The van der Waals surface area contributed by atoms with Crippen LogP contribution in [-0.4, -0.2) is 17.3 Å². The molecular weight excluding hydrogens is 364 g/mol. The normalized spacial score (nSPS) is 10.4. The molecule has 1 heterocycles. The molecule has 0 aliphatic rings. The van der Waals surface area contributed by atoms with Gasteiger partial charge in [-0.25, -0.2) is 0 Å². The molecule has 7 heteroatoms. The number of rotatable bonds is 7. The van der Waals surface area contributed by atoms with E-state index in [1.807, 2.05) is 31.2 Å². The maximum absolute atomic E-state index is 9.08. The molecule has 0 amide bonds. The highest BCUT2D eigenvalue weighted by atomic mass is 35.5. The zero-order valence-electron chi connectivity index (χ0n) is 15.0. The maximum atomic E-state index is 9.08. The topological polar surface area (TPSA) is 83.0 Å². The van der Waals surface area contributed by atoms with Crippen molar-refractivity contribution in [3.8, 4) is 23.3 Å². The van der Waals surface area contributed by atoms with Gasteiger partial charge in [0.2, 0.25) is 0 Å². The van der Waals surface area contributed by atoms with Gasteiger partial charge in [-0.1, -0.05) is 23.7 Å². The molecule has 2 N–H and O–H groups in total. The van der Waals surface area contributed by atoms with E-state index >= 15 is 0 Å². The number of ether oxygens (including phenoxy) is 2. The lowest BCUT2D eigenvalue weighted by molar-refractivity contribution is 0.414. The molecule has 0 spiro atoms. The number of nitrogens with one attached hydrogen (secondary N) is 2. The van der Waals surface area contributed by atoms with E-state index in [1.54, 1.807) is 25.3 Å². The van der Waals surface area contributed by atoms with Crippen molar-refractivity contribution in [3.63, 3.8) is 0 Å². The molecule has 6 nitrogen and oxygen atoms in total. The van der Waals surface area contributed by atoms with Gasteiger partial charge in [0.15, 0.2) is 5.75 Å². The van der Waals surface area contributed by atoms with E-state index in [-0.39, 0.29) is 0 Å². The first-order valence-electron chi connectivity index (χ1n) is 8.35. The van der Waals surface area contributed by atoms with Crippen LogP contribution in [-0.2, 0) is 13.1 Å². The van der Waals surface area contributed by atoms with E-state index in [0.29, 0.717) is 35.2 Å². The Kier molecular flexibility index (Phi) is 5.97. The molecule has 0 aliphatic carbocycles. The van der Waals surface area contributed by atoms with Crippen LogP contribution in [0.4, 0.5) is 0 Å². The molecule has 0 bridgehead atoms. The Morgan fingerprint density at radius 2 is 2.04 bits per heavy atom. The summed E-state index contributed by atoms with van der Waals surface area (Å²) in [5.41, 5.74) is 3.09. The fraction of sp³-hybridized carbons (Fsp3) is 0.200. The summed E-state index contributed by atoms with van der Waals surface area (Å²) in [6.45, 7) is 3.06. The van der Waals surface area contributed by atoms with Crippen molar-refractivity contribution in [1.29, 1.82) is 5.26 Å². The summed E-state index contributed by atoms with van der Waals surface area (Å²) in [7, 11) is 1.65. The number of benzene rings is 2. The van der Waals surface area contributed by atoms with Gasteiger partial charge in [0.05, 0.1) is 24.4 Å². The van der Waals surface area contributed by atoms with Gasteiger partial charge in [-0.3, -0.25) is 5.10 Å². The second-order valence-electron chi connectivity index (χ2n) is 5.97. The quantitative estimate of drug-likeness (QED) is 0.635. The zero-order valence-corrected chi connectivity index (χ0v) is 15.8. The summed E-state index contributed by atoms with van der Waals surface area (Å²) in [6.07, 6.45) is 0. The molecule has 0 aliphatic heterocycles. The van der Waals surface area contributed by atoms with Gasteiger partial charge in [-0.05, 0) is 42.8 Å². The lowest BCUT2D eigenvalue weighted by Gasteiger charge is -2.09. The fourth-order valence-corrected chi connectivity index (χ4v) is 2.86. The predicted molar refractivity (Wildman–Crippen MR) is 103 cm³/mol. The third kappa shape index (κ3) is 4.79. The number of aromatic amines is 1. The monoisotopic (exact) mass is 382 g/mol.